The average molecular weight is 334 g/mol. The highest BCUT2D eigenvalue weighted by atomic mass is 79.9. The number of carbonyl (C=O) groups is 1. The molecule has 0 aliphatic heterocycles. The highest BCUT2D eigenvalue weighted by Crippen LogP contribution is 2.25. The number of benzene rings is 1. The molecule has 1 heterocycles. The summed E-state index contributed by atoms with van der Waals surface area (Å²) >= 11 is 15.1. The number of aromatic nitrogens is 2. The molecule has 0 saturated carbocycles. The van der Waals surface area contributed by atoms with Gasteiger partial charge in [-0.1, -0.05) is 23.2 Å². The first-order valence-electron chi connectivity index (χ1n) is 4.68. The number of aryl methyl sites for hydroxylation is 1. The third kappa shape index (κ3) is 2.39. The van der Waals surface area contributed by atoms with Crippen LogP contribution in [0.15, 0.2) is 28.9 Å². The Morgan fingerprint density at radius 3 is 2.59 bits per heavy atom. The molecular weight excluding hydrogens is 327 g/mol. The maximum atomic E-state index is 12.2. The van der Waals surface area contributed by atoms with E-state index in [1.54, 1.807) is 25.2 Å². The van der Waals surface area contributed by atoms with Gasteiger partial charge < -0.3 is 0 Å². The van der Waals surface area contributed by atoms with E-state index in [-0.39, 0.29) is 5.78 Å². The second-order valence-corrected chi connectivity index (χ2v) is 5.09. The fourth-order valence-corrected chi connectivity index (χ4v) is 2.12. The van der Waals surface area contributed by atoms with Crippen LogP contribution < -0.4 is 0 Å². The molecule has 0 fully saturated rings. The molecule has 3 nitrogen and oxygen atoms in total. The molecule has 0 radical (unpaired) electrons. The molecule has 0 amide bonds. The zero-order valence-electron chi connectivity index (χ0n) is 8.75. The van der Waals surface area contributed by atoms with Gasteiger partial charge in [-0.2, -0.15) is 5.10 Å². The molecule has 2 aromatic rings. The van der Waals surface area contributed by atoms with Crippen molar-refractivity contribution in [3.05, 3.63) is 50.2 Å². The SMILES string of the molecule is Cn1ncc(Cl)c1C(=O)c1ccc(Br)c(Cl)c1. The lowest BCUT2D eigenvalue weighted by Crippen LogP contribution is -2.08. The lowest BCUT2D eigenvalue weighted by Gasteiger charge is -2.04. The third-order valence-electron chi connectivity index (χ3n) is 2.29. The minimum Gasteiger partial charge on any atom is -0.287 e. The smallest absolute Gasteiger partial charge is 0.212 e. The van der Waals surface area contributed by atoms with E-state index in [9.17, 15) is 4.79 Å². The maximum Gasteiger partial charge on any atom is 0.212 e. The Hall–Kier alpha value is -0.840. The van der Waals surface area contributed by atoms with Gasteiger partial charge in [0.15, 0.2) is 0 Å². The van der Waals surface area contributed by atoms with E-state index < -0.39 is 0 Å². The van der Waals surface area contributed by atoms with Crippen LogP contribution >= 0.6 is 39.1 Å². The summed E-state index contributed by atoms with van der Waals surface area (Å²) in [5, 5.41) is 4.74. The number of halogens is 3. The van der Waals surface area contributed by atoms with Crippen molar-refractivity contribution in [1.29, 1.82) is 0 Å². The van der Waals surface area contributed by atoms with Gasteiger partial charge >= 0.3 is 0 Å². The topological polar surface area (TPSA) is 34.9 Å². The fourth-order valence-electron chi connectivity index (χ4n) is 1.44. The van der Waals surface area contributed by atoms with Crippen molar-refractivity contribution in [1.82, 2.24) is 9.78 Å². The molecule has 0 aliphatic carbocycles. The summed E-state index contributed by atoms with van der Waals surface area (Å²) in [5.74, 6) is -0.204. The van der Waals surface area contributed by atoms with E-state index in [4.69, 9.17) is 23.2 Å². The molecule has 1 aromatic heterocycles. The zero-order chi connectivity index (χ0) is 12.6. The minimum atomic E-state index is -0.204. The van der Waals surface area contributed by atoms with Crippen LogP contribution in [0.1, 0.15) is 16.1 Å². The van der Waals surface area contributed by atoms with E-state index in [1.807, 2.05) is 0 Å². The van der Waals surface area contributed by atoms with Crippen LogP contribution in [-0.4, -0.2) is 15.6 Å². The second-order valence-electron chi connectivity index (χ2n) is 3.42. The normalized spacial score (nSPS) is 10.6. The van der Waals surface area contributed by atoms with E-state index >= 15 is 0 Å². The first kappa shape index (κ1) is 12.6. The van der Waals surface area contributed by atoms with E-state index in [0.29, 0.717) is 21.3 Å². The summed E-state index contributed by atoms with van der Waals surface area (Å²) < 4.78 is 2.19. The van der Waals surface area contributed by atoms with Crippen molar-refractivity contribution < 1.29 is 4.79 Å². The fraction of sp³-hybridized carbons (Fsp3) is 0.0909. The quantitative estimate of drug-likeness (QED) is 0.785. The van der Waals surface area contributed by atoms with Gasteiger partial charge in [0.1, 0.15) is 5.69 Å². The van der Waals surface area contributed by atoms with Gasteiger partial charge in [0, 0.05) is 17.1 Å². The average Bonchev–Trinajstić information content (AvgIpc) is 2.62. The number of hydrogen-bond donors (Lipinski definition) is 0. The molecular formula is C11H7BrCl2N2O. The Morgan fingerprint density at radius 1 is 1.35 bits per heavy atom. The van der Waals surface area contributed by atoms with Crippen LogP contribution in [0.2, 0.25) is 10.0 Å². The summed E-state index contributed by atoms with van der Waals surface area (Å²) in [4.78, 5) is 12.2. The molecule has 17 heavy (non-hydrogen) atoms. The number of rotatable bonds is 2. The molecule has 0 atom stereocenters. The highest BCUT2D eigenvalue weighted by Gasteiger charge is 2.18. The number of nitrogens with zero attached hydrogens (tertiary/aromatic N) is 2. The Kier molecular flexibility index (Phi) is 3.56. The van der Waals surface area contributed by atoms with Gasteiger partial charge in [-0.15, -0.1) is 0 Å². The monoisotopic (exact) mass is 332 g/mol. The first-order valence-corrected chi connectivity index (χ1v) is 6.23. The summed E-state index contributed by atoms with van der Waals surface area (Å²) in [6, 6.07) is 5.00. The molecule has 0 bridgehead atoms. The first-order chi connectivity index (χ1) is 8.00. The Morgan fingerprint density at radius 2 is 2.06 bits per heavy atom. The maximum absolute atomic E-state index is 12.2. The van der Waals surface area contributed by atoms with Crippen molar-refractivity contribution in [2.24, 2.45) is 7.05 Å². The third-order valence-corrected chi connectivity index (χ3v) is 3.80. The molecule has 0 N–H and O–H groups in total. The van der Waals surface area contributed by atoms with Crippen molar-refractivity contribution in [3.8, 4) is 0 Å². The van der Waals surface area contributed by atoms with E-state index in [1.165, 1.54) is 10.9 Å². The van der Waals surface area contributed by atoms with Crippen molar-refractivity contribution >= 4 is 44.9 Å². The van der Waals surface area contributed by atoms with E-state index in [2.05, 4.69) is 21.0 Å². The van der Waals surface area contributed by atoms with Crippen molar-refractivity contribution in [3.63, 3.8) is 0 Å². The van der Waals surface area contributed by atoms with Gasteiger partial charge in [0.25, 0.3) is 0 Å². The predicted octanol–water partition coefficient (Wildman–Crippen LogP) is 3.72. The van der Waals surface area contributed by atoms with Gasteiger partial charge in [-0.25, -0.2) is 0 Å². The lowest BCUT2D eigenvalue weighted by atomic mass is 10.1. The summed E-state index contributed by atoms with van der Waals surface area (Å²) in [5.41, 5.74) is 0.828. The number of ketones is 1. The van der Waals surface area contributed by atoms with Crippen molar-refractivity contribution in [2.75, 3.05) is 0 Å². The van der Waals surface area contributed by atoms with Crippen LogP contribution in [0.3, 0.4) is 0 Å². The molecule has 88 valence electrons. The van der Waals surface area contributed by atoms with Crippen LogP contribution in [0.25, 0.3) is 0 Å². The Balaban J connectivity index is 2.48. The second kappa shape index (κ2) is 4.80. The van der Waals surface area contributed by atoms with Gasteiger partial charge in [0.05, 0.1) is 16.2 Å². The summed E-state index contributed by atoms with van der Waals surface area (Å²) in [6.07, 6.45) is 1.44. The Labute approximate surface area is 116 Å². The molecule has 1 aromatic carbocycles. The molecule has 0 aliphatic rings. The lowest BCUT2D eigenvalue weighted by molar-refractivity contribution is 0.103. The highest BCUT2D eigenvalue weighted by molar-refractivity contribution is 9.10. The largest absolute Gasteiger partial charge is 0.287 e. The summed E-state index contributed by atoms with van der Waals surface area (Å²) in [6.45, 7) is 0. The number of carbonyl (C=O) groups excluding carboxylic acids is 1. The van der Waals surface area contributed by atoms with Gasteiger partial charge in [-0.05, 0) is 34.1 Å². The van der Waals surface area contributed by atoms with Gasteiger partial charge in [-0.3, -0.25) is 9.48 Å². The van der Waals surface area contributed by atoms with E-state index in [0.717, 1.165) is 4.47 Å². The van der Waals surface area contributed by atoms with Gasteiger partial charge in [0.2, 0.25) is 5.78 Å². The number of hydrogen-bond acceptors (Lipinski definition) is 2. The standard InChI is InChI=1S/C11H7BrCl2N2O/c1-16-10(9(14)5-15-16)11(17)6-2-3-7(12)8(13)4-6/h2-5H,1H3. The summed E-state index contributed by atoms with van der Waals surface area (Å²) in [7, 11) is 1.67. The van der Waals surface area contributed by atoms with Crippen molar-refractivity contribution in [2.45, 2.75) is 0 Å². The minimum absolute atomic E-state index is 0.204. The molecule has 0 spiro atoms. The van der Waals surface area contributed by atoms with Crippen LogP contribution in [-0.2, 0) is 7.05 Å². The predicted molar refractivity (Wildman–Crippen MR) is 70.8 cm³/mol. The van der Waals surface area contributed by atoms with Crippen LogP contribution in [0.5, 0.6) is 0 Å². The van der Waals surface area contributed by atoms with Crippen LogP contribution in [0.4, 0.5) is 0 Å². The molecule has 0 saturated heterocycles. The molecule has 6 heteroatoms. The molecule has 0 unspecified atom stereocenters. The Bertz CT molecular complexity index is 576. The van der Waals surface area contributed by atoms with Crippen LogP contribution in [0, 0.1) is 0 Å². The molecule has 2 rings (SSSR count). The zero-order valence-corrected chi connectivity index (χ0v) is 11.8.